The number of aliphatic hydroxyl groups excluding tert-OH is 2. The molecule has 0 aliphatic heterocycles. The van der Waals surface area contributed by atoms with Gasteiger partial charge in [0.05, 0.1) is 26.4 Å². The van der Waals surface area contributed by atoms with Gasteiger partial charge >= 0.3 is 0 Å². The second-order valence-electron chi connectivity index (χ2n) is 2.99. The number of aliphatic hydroxyl groups is 2. The number of hydrogen-bond acceptors (Lipinski definition) is 5. The second-order valence-corrected chi connectivity index (χ2v) is 2.99. The molecule has 0 radical (unpaired) electrons. The van der Waals surface area contributed by atoms with Gasteiger partial charge in [-0.15, -0.1) is 0 Å². The number of ether oxygens (including phenoxy) is 3. The van der Waals surface area contributed by atoms with Gasteiger partial charge in [0.15, 0.2) is 0 Å². The first-order chi connectivity index (χ1) is 7.41. The van der Waals surface area contributed by atoms with E-state index >= 15 is 0 Å². The summed E-state index contributed by atoms with van der Waals surface area (Å²) >= 11 is 0. The zero-order valence-electron chi connectivity index (χ0n) is 9.19. The van der Waals surface area contributed by atoms with Gasteiger partial charge in [0.1, 0.15) is 0 Å². The molecule has 0 aliphatic carbocycles. The molecule has 0 atom stereocenters. The quantitative estimate of drug-likeness (QED) is 0.448. The average Bonchev–Trinajstić information content (AvgIpc) is 2.26. The fourth-order valence-electron chi connectivity index (χ4n) is 0.875. The van der Waals surface area contributed by atoms with Crippen molar-refractivity contribution in [1.29, 1.82) is 0 Å². The maximum atomic E-state index is 8.46. The van der Waals surface area contributed by atoms with E-state index in [4.69, 9.17) is 24.4 Å². The fraction of sp³-hybridized carbons (Fsp3) is 1.00. The van der Waals surface area contributed by atoms with Crippen LogP contribution in [0.4, 0.5) is 0 Å². The van der Waals surface area contributed by atoms with Gasteiger partial charge in [0, 0.05) is 26.4 Å². The summed E-state index contributed by atoms with van der Waals surface area (Å²) in [5.41, 5.74) is 0. The molecule has 0 unspecified atom stereocenters. The van der Waals surface area contributed by atoms with E-state index in [2.05, 4.69) is 0 Å². The number of hydrogen-bond donors (Lipinski definition) is 2. The van der Waals surface area contributed by atoms with Crippen molar-refractivity contribution in [3.63, 3.8) is 0 Å². The summed E-state index contributed by atoms with van der Waals surface area (Å²) in [5.74, 6) is 0. The average molecular weight is 222 g/mol. The Kier molecular flexibility index (Phi) is 13.6. The van der Waals surface area contributed by atoms with Gasteiger partial charge < -0.3 is 24.4 Å². The third-order valence-electron chi connectivity index (χ3n) is 1.64. The van der Waals surface area contributed by atoms with Crippen molar-refractivity contribution < 1.29 is 24.4 Å². The van der Waals surface area contributed by atoms with Crippen LogP contribution in [0.3, 0.4) is 0 Å². The van der Waals surface area contributed by atoms with Crippen molar-refractivity contribution in [3.05, 3.63) is 0 Å². The van der Waals surface area contributed by atoms with Crippen molar-refractivity contribution in [2.45, 2.75) is 12.8 Å². The Labute approximate surface area is 91.0 Å². The molecular weight excluding hydrogens is 200 g/mol. The molecule has 0 rings (SSSR count). The summed E-state index contributed by atoms with van der Waals surface area (Å²) in [6.45, 7) is 3.69. The highest BCUT2D eigenvalue weighted by molar-refractivity contribution is 4.36. The van der Waals surface area contributed by atoms with Crippen molar-refractivity contribution in [3.8, 4) is 0 Å². The molecule has 5 heteroatoms. The Morgan fingerprint density at radius 2 is 0.867 bits per heavy atom. The summed E-state index contributed by atoms with van der Waals surface area (Å²) in [7, 11) is 0. The number of rotatable bonds is 12. The standard InChI is InChI=1S/C10H22O5/c11-3-1-5-13-7-9-15-10-8-14-6-2-4-12/h11-12H,1-10H2. The Hall–Kier alpha value is -0.200. The third-order valence-corrected chi connectivity index (χ3v) is 1.64. The van der Waals surface area contributed by atoms with Gasteiger partial charge in [-0.3, -0.25) is 0 Å². The van der Waals surface area contributed by atoms with E-state index in [1.807, 2.05) is 0 Å². The molecular formula is C10H22O5. The van der Waals surface area contributed by atoms with Crippen LogP contribution < -0.4 is 0 Å². The Balaban J connectivity index is 2.81. The lowest BCUT2D eigenvalue weighted by Gasteiger charge is -2.05. The first-order valence-electron chi connectivity index (χ1n) is 5.36. The van der Waals surface area contributed by atoms with Crippen LogP contribution in [0.5, 0.6) is 0 Å². The molecule has 2 N–H and O–H groups in total. The lowest BCUT2D eigenvalue weighted by molar-refractivity contribution is 0.0103. The van der Waals surface area contributed by atoms with Crippen molar-refractivity contribution in [1.82, 2.24) is 0 Å². The van der Waals surface area contributed by atoms with Crippen molar-refractivity contribution >= 4 is 0 Å². The Morgan fingerprint density at radius 3 is 1.20 bits per heavy atom. The molecule has 92 valence electrons. The van der Waals surface area contributed by atoms with Crippen LogP contribution >= 0.6 is 0 Å². The SMILES string of the molecule is OCCCOCCOCCOCCCO. The van der Waals surface area contributed by atoms with Gasteiger partial charge in [-0.1, -0.05) is 0 Å². The van der Waals surface area contributed by atoms with Crippen LogP contribution in [0, 0.1) is 0 Å². The van der Waals surface area contributed by atoms with E-state index < -0.39 is 0 Å². The molecule has 0 saturated carbocycles. The molecule has 0 spiro atoms. The van der Waals surface area contributed by atoms with E-state index in [0.717, 1.165) is 0 Å². The minimum absolute atomic E-state index is 0.166. The lowest BCUT2D eigenvalue weighted by Crippen LogP contribution is -2.10. The van der Waals surface area contributed by atoms with Crippen molar-refractivity contribution in [2.75, 3.05) is 52.9 Å². The summed E-state index contributed by atoms with van der Waals surface area (Å²) in [5, 5.41) is 16.9. The molecule has 0 aromatic heterocycles. The zero-order chi connectivity index (χ0) is 11.2. The highest BCUT2D eigenvalue weighted by atomic mass is 16.5. The summed E-state index contributed by atoms with van der Waals surface area (Å²) in [4.78, 5) is 0. The third kappa shape index (κ3) is 13.8. The topological polar surface area (TPSA) is 68.2 Å². The minimum atomic E-state index is 0.166. The second kappa shape index (κ2) is 13.8. The summed E-state index contributed by atoms with van der Waals surface area (Å²) < 4.78 is 15.5. The first-order valence-corrected chi connectivity index (χ1v) is 5.36. The van der Waals surface area contributed by atoms with Crippen molar-refractivity contribution in [2.24, 2.45) is 0 Å². The lowest BCUT2D eigenvalue weighted by atomic mass is 10.5. The van der Waals surface area contributed by atoms with Crippen LogP contribution in [0.2, 0.25) is 0 Å². The predicted octanol–water partition coefficient (Wildman–Crippen LogP) is -0.199. The van der Waals surface area contributed by atoms with Crippen LogP contribution in [-0.2, 0) is 14.2 Å². The molecule has 15 heavy (non-hydrogen) atoms. The first kappa shape index (κ1) is 14.8. The summed E-state index contributed by atoms with van der Waals surface area (Å²) in [6, 6.07) is 0. The molecule has 5 nitrogen and oxygen atoms in total. The van der Waals surface area contributed by atoms with E-state index in [1.54, 1.807) is 0 Å². The van der Waals surface area contributed by atoms with E-state index in [1.165, 1.54) is 0 Å². The molecule has 0 fully saturated rings. The van der Waals surface area contributed by atoms with Gasteiger partial charge in [-0.05, 0) is 12.8 Å². The molecule has 0 aromatic rings. The fourth-order valence-corrected chi connectivity index (χ4v) is 0.875. The monoisotopic (exact) mass is 222 g/mol. The van der Waals surface area contributed by atoms with Crippen LogP contribution in [0.15, 0.2) is 0 Å². The van der Waals surface area contributed by atoms with Crippen LogP contribution in [0.25, 0.3) is 0 Å². The van der Waals surface area contributed by atoms with Crippen LogP contribution in [0.1, 0.15) is 12.8 Å². The normalized spacial score (nSPS) is 10.8. The van der Waals surface area contributed by atoms with Crippen LogP contribution in [-0.4, -0.2) is 63.1 Å². The molecule has 0 amide bonds. The molecule has 0 aromatic carbocycles. The molecule has 0 heterocycles. The predicted molar refractivity (Wildman–Crippen MR) is 55.9 cm³/mol. The molecule has 0 aliphatic rings. The smallest absolute Gasteiger partial charge is 0.0701 e. The minimum Gasteiger partial charge on any atom is -0.396 e. The van der Waals surface area contributed by atoms with E-state index in [-0.39, 0.29) is 13.2 Å². The van der Waals surface area contributed by atoms with Gasteiger partial charge in [0.2, 0.25) is 0 Å². The maximum Gasteiger partial charge on any atom is 0.0701 e. The molecule has 0 bridgehead atoms. The highest BCUT2D eigenvalue weighted by Gasteiger charge is 1.91. The Bertz CT molecular complexity index is 98.0. The van der Waals surface area contributed by atoms with Gasteiger partial charge in [-0.25, -0.2) is 0 Å². The van der Waals surface area contributed by atoms with E-state index in [0.29, 0.717) is 52.5 Å². The van der Waals surface area contributed by atoms with E-state index in [9.17, 15) is 0 Å². The van der Waals surface area contributed by atoms with Gasteiger partial charge in [0.25, 0.3) is 0 Å². The Morgan fingerprint density at radius 1 is 0.533 bits per heavy atom. The largest absolute Gasteiger partial charge is 0.396 e. The van der Waals surface area contributed by atoms with Gasteiger partial charge in [-0.2, -0.15) is 0 Å². The summed E-state index contributed by atoms with van der Waals surface area (Å²) in [6.07, 6.45) is 1.34. The molecule has 0 saturated heterocycles. The zero-order valence-corrected chi connectivity index (χ0v) is 9.19. The highest BCUT2D eigenvalue weighted by Crippen LogP contribution is 1.84. The maximum absolute atomic E-state index is 8.46.